The van der Waals surface area contributed by atoms with E-state index in [2.05, 4.69) is 0 Å². The predicted molar refractivity (Wildman–Crippen MR) is 99.4 cm³/mol. The topological polar surface area (TPSA) is 83.9 Å². The van der Waals surface area contributed by atoms with E-state index in [0.29, 0.717) is 5.56 Å². The highest BCUT2D eigenvalue weighted by Gasteiger charge is 2.53. The molecule has 1 N–H and O–H groups in total. The number of para-hydroxylation sites is 1. The lowest BCUT2D eigenvalue weighted by atomic mass is 9.88. The van der Waals surface area contributed by atoms with Crippen LogP contribution in [0.3, 0.4) is 0 Å². The number of hydrogen-bond donors (Lipinski definition) is 1. The number of rotatable bonds is 3. The molecule has 1 unspecified atom stereocenters. The lowest BCUT2D eigenvalue weighted by Gasteiger charge is -2.25. The molecule has 27 heavy (non-hydrogen) atoms. The Balaban J connectivity index is 1.98. The van der Waals surface area contributed by atoms with E-state index >= 15 is 0 Å². The molecule has 2 aromatic carbocycles. The van der Waals surface area contributed by atoms with Crippen molar-refractivity contribution in [1.29, 1.82) is 0 Å². The van der Waals surface area contributed by atoms with Crippen LogP contribution in [0.2, 0.25) is 0 Å². The molecule has 6 heteroatoms. The molecular formula is C21H21NO5. The second-order valence-corrected chi connectivity index (χ2v) is 7.46. The standard InChI is InChI=1S/C21H21NO5/c1-20(2,3)27-19(25)22-16-12-8-7-11-15(16)21(26,18(22)24)13-17(23)14-9-5-4-6-10-14/h4-12,26H,13H2,1-3H3. The van der Waals surface area contributed by atoms with Gasteiger partial charge in [0.15, 0.2) is 11.4 Å². The maximum Gasteiger partial charge on any atom is 0.421 e. The van der Waals surface area contributed by atoms with Crippen molar-refractivity contribution in [2.45, 2.75) is 38.4 Å². The number of imide groups is 1. The number of benzene rings is 2. The molecule has 0 bridgehead atoms. The molecule has 0 aromatic heterocycles. The van der Waals surface area contributed by atoms with Gasteiger partial charge in [-0.3, -0.25) is 9.59 Å². The Hall–Kier alpha value is -2.99. The minimum Gasteiger partial charge on any atom is -0.443 e. The largest absolute Gasteiger partial charge is 0.443 e. The minimum atomic E-state index is -2.12. The van der Waals surface area contributed by atoms with E-state index in [1.807, 2.05) is 0 Å². The third-order valence-corrected chi connectivity index (χ3v) is 4.24. The van der Waals surface area contributed by atoms with Gasteiger partial charge in [0, 0.05) is 11.1 Å². The number of carbonyl (C=O) groups is 3. The number of fused-ring (bicyclic) bond motifs is 1. The van der Waals surface area contributed by atoms with E-state index in [1.54, 1.807) is 69.3 Å². The summed E-state index contributed by atoms with van der Waals surface area (Å²) in [6, 6.07) is 14.8. The number of aliphatic hydroxyl groups is 1. The fraction of sp³-hybridized carbons (Fsp3) is 0.286. The SMILES string of the molecule is CC(C)(C)OC(=O)N1C(=O)C(O)(CC(=O)c2ccccc2)c2ccccc21. The second-order valence-electron chi connectivity index (χ2n) is 7.46. The third kappa shape index (κ3) is 3.48. The second kappa shape index (κ2) is 6.63. The van der Waals surface area contributed by atoms with Crippen molar-refractivity contribution >= 4 is 23.5 Å². The molecule has 1 heterocycles. The molecule has 0 spiro atoms. The van der Waals surface area contributed by atoms with Crippen LogP contribution in [0, 0.1) is 0 Å². The zero-order chi connectivity index (χ0) is 19.8. The first-order valence-electron chi connectivity index (χ1n) is 8.61. The molecule has 1 aliphatic heterocycles. The van der Waals surface area contributed by atoms with Gasteiger partial charge in [0.1, 0.15) is 5.60 Å². The molecular weight excluding hydrogens is 346 g/mol. The van der Waals surface area contributed by atoms with Crippen molar-refractivity contribution in [3.63, 3.8) is 0 Å². The van der Waals surface area contributed by atoms with Crippen LogP contribution in [0.15, 0.2) is 54.6 Å². The average molecular weight is 367 g/mol. The molecule has 2 amide bonds. The van der Waals surface area contributed by atoms with E-state index in [-0.39, 0.29) is 11.3 Å². The smallest absolute Gasteiger partial charge is 0.421 e. The monoisotopic (exact) mass is 367 g/mol. The fourth-order valence-electron chi connectivity index (χ4n) is 3.05. The number of ether oxygens (including phenoxy) is 1. The maximum atomic E-state index is 13.0. The summed E-state index contributed by atoms with van der Waals surface area (Å²) in [7, 11) is 0. The Kier molecular flexibility index (Phi) is 4.61. The summed E-state index contributed by atoms with van der Waals surface area (Å²) in [6.07, 6.45) is -1.35. The van der Waals surface area contributed by atoms with Crippen LogP contribution in [0.4, 0.5) is 10.5 Å². The summed E-state index contributed by atoms with van der Waals surface area (Å²) in [5.41, 5.74) is -2.12. The van der Waals surface area contributed by atoms with Crippen molar-refractivity contribution in [2.75, 3.05) is 4.90 Å². The lowest BCUT2D eigenvalue weighted by Crippen LogP contribution is -2.46. The maximum absolute atomic E-state index is 13.0. The minimum absolute atomic E-state index is 0.213. The van der Waals surface area contributed by atoms with Crippen LogP contribution in [0.1, 0.15) is 43.1 Å². The predicted octanol–water partition coefficient (Wildman–Crippen LogP) is 3.43. The van der Waals surface area contributed by atoms with E-state index in [9.17, 15) is 19.5 Å². The van der Waals surface area contributed by atoms with Crippen LogP contribution in [-0.4, -0.2) is 28.5 Å². The van der Waals surface area contributed by atoms with Gasteiger partial charge in [-0.25, -0.2) is 9.69 Å². The summed E-state index contributed by atoms with van der Waals surface area (Å²) >= 11 is 0. The van der Waals surface area contributed by atoms with Crippen LogP contribution in [0.25, 0.3) is 0 Å². The van der Waals surface area contributed by atoms with Crippen molar-refractivity contribution in [3.8, 4) is 0 Å². The zero-order valence-corrected chi connectivity index (χ0v) is 15.4. The molecule has 140 valence electrons. The summed E-state index contributed by atoms with van der Waals surface area (Å²) in [4.78, 5) is 39.0. The highest BCUT2D eigenvalue weighted by Crippen LogP contribution is 2.43. The Morgan fingerprint density at radius 3 is 2.26 bits per heavy atom. The van der Waals surface area contributed by atoms with Crippen molar-refractivity contribution in [3.05, 3.63) is 65.7 Å². The van der Waals surface area contributed by atoms with E-state index in [1.165, 1.54) is 6.07 Å². The number of Topliss-reactive ketones (excluding diaryl/α,β-unsaturated/α-hetero) is 1. The Bertz CT molecular complexity index is 900. The third-order valence-electron chi connectivity index (χ3n) is 4.24. The van der Waals surface area contributed by atoms with Gasteiger partial charge in [0.2, 0.25) is 0 Å². The number of nitrogens with zero attached hydrogens (tertiary/aromatic N) is 1. The first-order chi connectivity index (χ1) is 12.6. The first-order valence-corrected chi connectivity index (χ1v) is 8.61. The average Bonchev–Trinajstić information content (AvgIpc) is 2.82. The normalized spacial score (nSPS) is 19.0. The molecule has 3 rings (SSSR count). The molecule has 0 saturated heterocycles. The van der Waals surface area contributed by atoms with Gasteiger partial charge < -0.3 is 9.84 Å². The van der Waals surface area contributed by atoms with E-state index < -0.39 is 35.4 Å². The highest BCUT2D eigenvalue weighted by atomic mass is 16.6. The summed E-state index contributed by atoms with van der Waals surface area (Å²) in [5, 5.41) is 11.1. The van der Waals surface area contributed by atoms with Crippen molar-refractivity contribution in [1.82, 2.24) is 0 Å². The van der Waals surface area contributed by atoms with Gasteiger partial charge >= 0.3 is 6.09 Å². The molecule has 0 aliphatic carbocycles. The number of hydrogen-bond acceptors (Lipinski definition) is 5. The summed E-state index contributed by atoms with van der Waals surface area (Å²) in [5.74, 6) is -1.28. The number of anilines is 1. The molecule has 0 fully saturated rings. The van der Waals surface area contributed by atoms with Crippen molar-refractivity contribution < 1.29 is 24.2 Å². The number of carbonyl (C=O) groups excluding carboxylic acids is 3. The number of amides is 2. The molecule has 2 aromatic rings. The van der Waals surface area contributed by atoms with Gasteiger partial charge in [-0.05, 0) is 26.8 Å². The Morgan fingerprint density at radius 1 is 1.04 bits per heavy atom. The lowest BCUT2D eigenvalue weighted by molar-refractivity contribution is -0.135. The molecule has 6 nitrogen and oxygen atoms in total. The van der Waals surface area contributed by atoms with E-state index in [0.717, 1.165) is 4.90 Å². The quantitative estimate of drug-likeness (QED) is 0.840. The highest BCUT2D eigenvalue weighted by molar-refractivity contribution is 6.21. The number of ketones is 1. The Morgan fingerprint density at radius 2 is 1.63 bits per heavy atom. The van der Waals surface area contributed by atoms with Gasteiger partial charge in [-0.2, -0.15) is 0 Å². The summed E-state index contributed by atoms with van der Waals surface area (Å²) < 4.78 is 5.30. The van der Waals surface area contributed by atoms with Gasteiger partial charge in [-0.15, -0.1) is 0 Å². The Labute approximate surface area is 157 Å². The van der Waals surface area contributed by atoms with Crippen LogP contribution in [0.5, 0.6) is 0 Å². The van der Waals surface area contributed by atoms with Crippen LogP contribution < -0.4 is 4.90 Å². The fourth-order valence-corrected chi connectivity index (χ4v) is 3.05. The molecule has 0 radical (unpaired) electrons. The van der Waals surface area contributed by atoms with Gasteiger partial charge in [0.25, 0.3) is 5.91 Å². The van der Waals surface area contributed by atoms with Gasteiger partial charge in [0.05, 0.1) is 12.1 Å². The molecule has 1 atom stereocenters. The first kappa shape index (κ1) is 18.8. The molecule has 1 aliphatic rings. The van der Waals surface area contributed by atoms with E-state index in [4.69, 9.17) is 4.74 Å². The zero-order valence-electron chi connectivity index (χ0n) is 15.4. The van der Waals surface area contributed by atoms with Crippen LogP contribution >= 0.6 is 0 Å². The van der Waals surface area contributed by atoms with Crippen LogP contribution in [-0.2, 0) is 15.1 Å². The summed E-state index contributed by atoms with van der Waals surface area (Å²) in [6.45, 7) is 5.05. The van der Waals surface area contributed by atoms with Crippen molar-refractivity contribution in [2.24, 2.45) is 0 Å². The molecule has 0 saturated carbocycles. The van der Waals surface area contributed by atoms with Gasteiger partial charge in [-0.1, -0.05) is 48.5 Å².